The molecule has 3 rings (SSSR count). The van der Waals surface area contributed by atoms with Crippen molar-refractivity contribution in [3.8, 4) is 0 Å². The summed E-state index contributed by atoms with van der Waals surface area (Å²) in [6.07, 6.45) is 1.91. The van der Waals surface area contributed by atoms with Gasteiger partial charge in [0.1, 0.15) is 5.70 Å². The lowest BCUT2D eigenvalue weighted by atomic mass is 10.00. The van der Waals surface area contributed by atoms with Crippen molar-refractivity contribution < 1.29 is 23.9 Å². The molecule has 1 amide bonds. The molecule has 0 saturated heterocycles. The molecular weight excluding hydrogens is 358 g/mol. The predicted octanol–water partition coefficient (Wildman–Crippen LogP) is 2.62. The number of rotatable bonds is 5. The van der Waals surface area contributed by atoms with Gasteiger partial charge < -0.3 is 4.74 Å². The summed E-state index contributed by atoms with van der Waals surface area (Å²) in [4.78, 5) is 50.6. The van der Waals surface area contributed by atoms with Gasteiger partial charge in [-0.15, -0.1) is 0 Å². The zero-order valence-electron chi connectivity index (χ0n) is 15.3. The topological polar surface area (TPSA) is 80.8 Å². The number of carbonyl (C=O) groups is 4. The van der Waals surface area contributed by atoms with Gasteiger partial charge in [0.15, 0.2) is 6.29 Å². The third-order valence-corrected chi connectivity index (χ3v) is 4.29. The normalized spacial score (nSPS) is 14.5. The van der Waals surface area contributed by atoms with Crippen LogP contribution in [0.2, 0.25) is 0 Å². The summed E-state index contributed by atoms with van der Waals surface area (Å²) < 4.78 is 4.80. The molecular formula is C22H17NO5. The fraction of sp³-hybridized carbons (Fsp3) is 0.0909. The molecule has 1 aliphatic heterocycles. The molecule has 0 unspecified atom stereocenters. The van der Waals surface area contributed by atoms with Crippen molar-refractivity contribution in [2.24, 2.45) is 0 Å². The molecule has 0 saturated carbocycles. The third kappa shape index (κ3) is 3.40. The summed E-state index contributed by atoms with van der Waals surface area (Å²) in [6, 6.07) is 15.6. The van der Waals surface area contributed by atoms with E-state index >= 15 is 0 Å². The Kier molecular flexibility index (Phi) is 5.31. The van der Waals surface area contributed by atoms with Gasteiger partial charge in [-0.25, -0.2) is 4.79 Å². The minimum atomic E-state index is -0.935. The van der Waals surface area contributed by atoms with Gasteiger partial charge in [0, 0.05) is 11.3 Å². The number of nitrogens with zero attached hydrogens (tertiary/aromatic N) is 1. The molecule has 140 valence electrons. The summed E-state index contributed by atoms with van der Waals surface area (Å²) in [7, 11) is 1.15. The average molecular weight is 375 g/mol. The van der Waals surface area contributed by atoms with Crippen LogP contribution in [-0.2, 0) is 23.9 Å². The van der Waals surface area contributed by atoms with E-state index in [1.165, 1.54) is 6.08 Å². The highest BCUT2D eigenvalue weighted by molar-refractivity contribution is 6.54. The van der Waals surface area contributed by atoms with Crippen molar-refractivity contribution in [3.63, 3.8) is 0 Å². The highest BCUT2D eigenvalue weighted by atomic mass is 16.5. The SMILES string of the molecule is COC(=O)C1=C(C(C=O)=Cc2ccccc2)C(=O)C(=O)N1c1ccc(C)cc1. The van der Waals surface area contributed by atoms with Gasteiger partial charge in [-0.3, -0.25) is 19.3 Å². The molecule has 0 atom stereocenters. The summed E-state index contributed by atoms with van der Waals surface area (Å²) >= 11 is 0. The van der Waals surface area contributed by atoms with Gasteiger partial charge in [0.2, 0.25) is 0 Å². The van der Waals surface area contributed by atoms with Gasteiger partial charge >= 0.3 is 11.9 Å². The van der Waals surface area contributed by atoms with Crippen LogP contribution in [0.1, 0.15) is 11.1 Å². The predicted molar refractivity (Wildman–Crippen MR) is 103 cm³/mol. The van der Waals surface area contributed by atoms with Crippen LogP contribution in [0.3, 0.4) is 0 Å². The average Bonchev–Trinajstić information content (AvgIpc) is 2.98. The van der Waals surface area contributed by atoms with Crippen LogP contribution >= 0.6 is 0 Å². The monoisotopic (exact) mass is 375 g/mol. The number of aryl methyl sites for hydroxylation is 1. The summed E-state index contributed by atoms with van der Waals surface area (Å²) in [5.74, 6) is -2.73. The van der Waals surface area contributed by atoms with Crippen molar-refractivity contribution in [2.45, 2.75) is 6.92 Å². The molecule has 0 aliphatic carbocycles. The molecule has 1 aliphatic rings. The Morgan fingerprint density at radius 1 is 1.00 bits per heavy atom. The zero-order chi connectivity index (χ0) is 20.3. The highest BCUT2D eigenvalue weighted by Gasteiger charge is 2.44. The second-order valence-corrected chi connectivity index (χ2v) is 6.15. The number of hydrogen-bond acceptors (Lipinski definition) is 5. The molecule has 0 radical (unpaired) electrons. The second-order valence-electron chi connectivity index (χ2n) is 6.15. The Bertz CT molecular complexity index is 1020. The van der Waals surface area contributed by atoms with Crippen LogP contribution in [0.5, 0.6) is 0 Å². The first-order valence-corrected chi connectivity index (χ1v) is 8.48. The number of carbonyl (C=O) groups excluding carboxylic acids is 4. The van der Waals surface area contributed by atoms with Gasteiger partial charge in [-0.2, -0.15) is 0 Å². The lowest BCUT2D eigenvalue weighted by Gasteiger charge is -2.18. The largest absolute Gasteiger partial charge is 0.464 e. The van der Waals surface area contributed by atoms with Crippen molar-refractivity contribution in [1.29, 1.82) is 0 Å². The first kappa shape index (κ1) is 19.0. The van der Waals surface area contributed by atoms with E-state index in [4.69, 9.17) is 4.74 Å². The lowest BCUT2D eigenvalue weighted by Crippen LogP contribution is -2.31. The second kappa shape index (κ2) is 7.84. The number of ether oxygens (including phenoxy) is 1. The van der Waals surface area contributed by atoms with Gasteiger partial charge in [0.05, 0.1) is 12.7 Å². The molecule has 1 heterocycles. The van der Waals surface area contributed by atoms with Crippen LogP contribution in [0.4, 0.5) is 5.69 Å². The van der Waals surface area contributed by atoms with Crippen LogP contribution in [-0.4, -0.2) is 31.1 Å². The first-order valence-electron chi connectivity index (χ1n) is 8.48. The van der Waals surface area contributed by atoms with Crippen LogP contribution in [0.15, 0.2) is 71.4 Å². The minimum Gasteiger partial charge on any atom is -0.464 e. The minimum absolute atomic E-state index is 0.0699. The van der Waals surface area contributed by atoms with E-state index in [-0.39, 0.29) is 16.8 Å². The standard InChI is InChI=1S/C22H17NO5/c1-14-8-10-17(11-9-14)23-19(22(27)28-2)18(20(25)21(23)26)16(13-24)12-15-6-4-3-5-7-15/h3-13H,1-2H3. The van der Waals surface area contributed by atoms with Crippen LogP contribution < -0.4 is 4.90 Å². The number of ketones is 1. The number of Topliss-reactive ketones (excluding diaryl/α,β-unsaturated/α-hetero) is 1. The maximum absolute atomic E-state index is 12.7. The summed E-state index contributed by atoms with van der Waals surface area (Å²) in [6.45, 7) is 1.87. The molecule has 2 aromatic rings. The molecule has 0 fully saturated rings. The first-order chi connectivity index (χ1) is 13.5. The number of methoxy groups -OCH3 is 1. The van der Waals surface area contributed by atoms with E-state index in [1.54, 1.807) is 54.6 Å². The number of benzene rings is 2. The molecule has 0 aromatic heterocycles. The van der Waals surface area contributed by atoms with Gasteiger partial charge in [-0.05, 0) is 30.7 Å². The van der Waals surface area contributed by atoms with E-state index in [9.17, 15) is 19.2 Å². The Labute approximate surface area is 161 Å². The third-order valence-electron chi connectivity index (χ3n) is 4.29. The Morgan fingerprint density at radius 3 is 2.21 bits per heavy atom. The van der Waals surface area contributed by atoms with E-state index in [0.717, 1.165) is 17.6 Å². The van der Waals surface area contributed by atoms with Crippen LogP contribution in [0, 0.1) is 6.92 Å². The summed E-state index contributed by atoms with van der Waals surface area (Å²) in [5, 5.41) is 0. The van der Waals surface area contributed by atoms with E-state index in [0.29, 0.717) is 17.5 Å². The number of aldehydes is 1. The quantitative estimate of drug-likeness (QED) is 0.347. The number of anilines is 1. The molecule has 28 heavy (non-hydrogen) atoms. The molecule has 6 nitrogen and oxygen atoms in total. The number of esters is 1. The Balaban J connectivity index is 2.22. The molecule has 2 aromatic carbocycles. The maximum Gasteiger partial charge on any atom is 0.355 e. The molecule has 0 bridgehead atoms. The number of amides is 1. The van der Waals surface area contributed by atoms with Gasteiger partial charge in [0.25, 0.3) is 5.78 Å². The fourth-order valence-electron chi connectivity index (χ4n) is 2.92. The smallest absolute Gasteiger partial charge is 0.355 e. The van der Waals surface area contributed by atoms with E-state index in [1.807, 2.05) is 6.92 Å². The van der Waals surface area contributed by atoms with Crippen molar-refractivity contribution >= 4 is 35.7 Å². The van der Waals surface area contributed by atoms with Crippen molar-refractivity contribution in [1.82, 2.24) is 0 Å². The van der Waals surface area contributed by atoms with E-state index in [2.05, 4.69) is 0 Å². The zero-order valence-corrected chi connectivity index (χ0v) is 15.3. The van der Waals surface area contributed by atoms with Crippen molar-refractivity contribution in [2.75, 3.05) is 12.0 Å². The number of hydrogen-bond donors (Lipinski definition) is 0. The van der Waals surface area contributed by atoms with E-state index < -0.39 is 17.7 Å². The maximum atomic E-state index is 12.7. The Morgan fingerprint density at radius 2 is 1.64 bits per heavy atom. The Hall–Kier alpha value is -3.80. The molecule has 0 spiro atoms. The number of allylic oxidation sites excluding steroid dienone is 1. The fourth-order valence-corrected chi connectivity index (χ4v) is 2.92. The molecule has 6 heteroatoms. The highest BCUT2D eigenvalue weighted by Crippen LogP contribution is 2.33. The summed E-state index contributed by atoms with van der Waals surface area (Å²) in [5.41, 5.74) is 1.33. The van der Waals surface area contributed by atoms with Crippen LogP contribution in [0.25, 0.3) is 6.08 Å². The molecule has 0 N–H and O–H groups in total. The van der Waals surface area contributed by atoms with Gasteiger partial charge in [-0.1, -0.05) is 48.0 Å². The van der Waals surface area contributed by atoms with Crippen molar-refractivity contribution in [3.05, 3.63) is 82.6 Å². The lowest BCUT2D eigenvalue weighted by molar-refractivity contribution is -0.136.